The number of aliphatic hydroxyl groups is 1. The van der Waals surface area contributed by atoms with Crippen molar-refractivity contribution in [1.29, 1.82) is 0 Å². The topological polar surface area (TPSA) is 62.1 Å². The number of thiophene rings is 1. The predicted octanol–water partition coefficient (Wildman–Crippen LogP) is 3.72. The molecule has 1 N–H and O–H groups in total. The zero-order chi connectivity index (χ0) is 17.6. The second-order valence-electron chi connectivity index (χ2n) is 7.01. The standard InChI is InChI=1S/C19H22N4OS/c1-12-13(2)25-18-15(12)17(23(3)11-19(24)7-5-8-19)21-16(22-18)14-6-4-9-20-10-14/h4,6,9-10,24H,5,7-8,11H2,1-3H3. The molecule has 0 aliphatic heterocycles. The molecule has 1 saturated carbocycles. The molecular formula is C19H22N4OS. The van der Waals surface area contributed by atoms with Crippen molar-refractivity contribution in [2.24, 2.45) is 0 Å². The highest BCUT2D eigenvalue weighted by atomic mass is 32.1. The van der Waals surface area contributed by atoms with Crippen LogP contribution in [0.3, 0.4) is 0 Å². The van der Waals surface area contributed by atoms with E-state index in [1.54, 1.807) is 23.7 Å². The maximum absolute atomic E-state index is 10.6. The molecule has 6 heteroatoms. The maximum atomic E-state index is 10.6. The van der Waals surface area contributed by atoms with Crippen molar-refractivity contribution in [3.8, 4) is 11.4 Å². The Hall–Kier alpha value is -2.05. The van der Waals surface area contributed by atoms with Gasteiger partial charge >= 0.3 is 0 Å². The van der Waals surface area contributed by atoms with Crippen LogP contribution in [0.5, 0.6) is 0 Å². The monoisotopic (exact) mass is 354 g/mol. The highest BCUT2D eigenvalue weighted by molar-refractivity contribution is 7.18. The molecule has 1 fully saturated rings. The van der Waals surface area contributed by atoms with E-state index in [0.29, 0.717) is 12.4 Å². The van der Waals surface area contributed by atoms with Crippen LogP contribution >= 0.6 is 11.3 Å². The first-order chi connectivity index (χ1) is 12.0. The number of hydrogen-bond acceptors (Lipinski definition) is 6. The molecule has 0 amide bonds. The number of anilines is 1. The molecule has 1 aliphatic carbocycles. The molecule has 3 heterocycles. The number of fused-ring (bicyclic) bond motifs is 1. The summed E-state index contributed by atoms with van der Waals surface area (Å²) in [6, 6.07) is 3.87. The predicted molar refractivity (Wildman–Crippen MR) is 102 cm³/mol. The Balaban J connectivity index is 1.85. The number of rotatable bonds is 4. The van der Waals surface area contributed by atoms with Crippen LogP contribution < -0.4 is 4.90 Å². The summed E-state index contributed by atoms with van der Waals surface area (Å²) in [5, 5.41) is 11.7. The Bertz CT molecular complexity index is 918. The molecule has 3 aromatic rings. The van der Waals surface area contributed by atoms with Gasteiger partial charge in [-0.3, -0.25) is 4.98 Å². The fraction of sp³-hybridized carbons (Fsp3) is 0.421. The molecule has 25 heavy (non-hydrogen) atoms. The molecule has 1 aliphatic rings. The quantitative estimate of drug-likeness (QED) is 0.774. The molecule has 0 unspecified atom stereocenters. The van der Waals surface area contributed by atoms with Crippen molar-refractivity contribution in [2.45, 2.75) is 38.7 Å². The number of pyridine rings is 1. The van der Waals surface area contributed by atoms with E-state index in [2.05, 4.69) is 23.7 Å². The van der Waals surface area contributed by atoms with Crippen molar-refractivity contribution in [3.05, 3.63) is 35.0 Å². The average molecular weight is 354 g/mol. The Kier molecular flexibility index (Phi) is 3.96. The largest absolute Gasteiger partial charge is 0.388 e. The summed E-state index contributed by atoms with van der Waals surface area (Å²) >= 11 is 1.70. The Morgan fingerprint density at radius 2 is 2.08 bits per heavy atom. The number of nitrogens with zero attached hydrogens (tertiary/aromatic N) is 4. The summed E-state index contributed by atoms with van der Waals surface area (Å²) in [6.45, 7) is 4.84. The lowest BCUT2D eigenvalue weighted by Gasteiger charge is -2.40. The number of hydrogen-bond donors (Lipinski definition) is 1. The number of likely N-dealkylation sites (N-methyl/N-ethyl adjacent to an activating group) is 1. The summed E-state index contributed by atoms with van der Waals surface area (Å²) in [6.07, 6.45) is 6.37. The van der Waals surface area contributed by atoms with Crippen molar-refractivity contribution in [3.63, 3.8) is 0 Å². The van der Waals surface area contributed by atoms with Crippen LogP contribution in [0.25, 0.3) is 21.6 Å². The van der Waals surface area contributed by atoms with E-state index in [0.717, 1.165) is 40.9 Å². The third-order valence-electron chi connectivity index (χ3n) is 5.11. The number of aromatic nitrogens is 3. The zero-order valence-electron chi connectivity index (χ0n) is 14.8. The Morgan fingerprint density at radius 1 is 1.28 bits per heavy atom. The molecule has 3 aromatic heterocycles. The fourth-order valence-corrected chi connectivity index (χ4v) is 4.41. The van der Waals surface area contributed by atoms with E-state index >= 15 is 0 Å². The lowest BCUT2D eigenvalue weighted by molar-refractivity contribution is -0.0247. The van der Waals surface area contributed by atoms with E-state index in [4.69, 9.17) is 9.97 Å². The normalized spacial score (nSPS) is 16.0. The first kappa shape index (κ1) is 16.4. The fourth-order valence-electron chi connectivity index (χ4n) is 3.39. The molecule has 0 atom stereocenters. The van der Waals surface area contributed by atoms with E-state index < -0.39 is 5.60 Å². The lowest BCUT2D eigenvalue weighted by Crippen LogP contribution is -2.47. The first-order valence-electron chi connectivity index (χ1n) is 8.58. The molecule has 5 nitrogen and oxygen atoms in total. The summed E-state index contributed by atoms with van der Waals surface area (Å²) < 4.78 is 0. The van der Waals surface area contributed by atoms with Crippen LogP contribution in [-0.4, -0.2) is 39.3 Å². The molecular weight excluding hydrogens is 332 g/mol. The molecule has 0 radical (unpaired) electrons. The van der Waals surface area contributed by atoms with Gasteiger partial charge in [0.15, 0.2) is 5.82 Å². The smallest absolute Gasteiger partial charge is 0.164 e. The lowest BCUT2D eigenvalue weighted by atomic mass is 9.80. The molecule has 0 saturated heterocycles. The van der Waals surface area contributed by atoms with Crippen LogP contribution in [0, 0.1) is 13.8 Å². The van der Waals surface area contributed by atoms with Crippen LogP contribution in [0.15, 0.2) is 24.5 Å². The third-order valence-corrected chi connectivity index (χ3v) is 6.21. The molecule has 130 valence electrons. The van der Waals surface area contributed by atoms with Gasteiger partial charge in [-0.15, -0.1) is 11.3 Å². The van der Waals surface area contributed by atoms with E-state index in [1.807, 2.05) is 19.2 Å². The van der Waals surface area contributed by atoms with Gasteiger partial charge in [0.2, 0.25) is 0 Å². The first-order valence-corrected chi connectivity index (χ1v) is 9.40. The minimum Gasteiger partial charge on any atom is -0.388 e. The minimum atomic E-state index is -0.584. The van der Waals surface area contributed by atoms with Gasteiger partial charge in [0.1, 0.15) is 10.6 Å². The summed E-state index contributed by atoms with van der Waals surface area (Å²) in [4.78, 5) is 18.2. The summed E-state index contributed by atoms with van der Waals surface area (Å²) in [7, 11) is 2.01. The van der Waals surface area contributed by atoms with E-state index in [1.165, 1.54) is 10.4 Å². The van der Waals surface area contributed by atoms with Crippen LogP contribution in [-0.2, 0) is 0 Å². The zero-order valence-corrected chi connectivity index (χ0v) is 15.6. The van der Waals surface area contributed by atoms with Crippen molar-refractivity contribution in [1.82, 2.24) is 15.0 Å². The minimum absolute atomic E-state index is 0.584. The van der Waals surface area contributed by atoms with Crippen molar-refractivity contribution >= 4 is 27.4 Å². The van der Waals surface area contributed by atoms with Gasteiger partial charge in [0, 0.05) is 36.4 Å². The Labute approximate surface area is 151 Å². The van der Waals surface area contributed by atoms with E-state index in [9.17, 15) is 5.11 Å². The third kappa shape index (κ3) is 2.89. The average Bonchev–Trinajstić information content (AvgIpc) is 2.88. The molecule has 0 bridgehead atoms. The molecule has 0 spiro atoms. The summed E-state index contributed by atoms with van der Waals surface area (Å²) in [5.74, 6) is 1.58. The Morgan fingerprint density at radius 3 is 2.72 bits per heavy atom. The second kappa shape index (κ2) is 6.04. The summed E-state index contributed by atoms with van der Waals surface area (Å²) in [5.41, 5.74) is 1.55. The van der Waals surface area contributed by atoms with Crippen LogP contribution in [0.2, 0.25) is 0 Å². The number of aryl methyl sites for hydroxylation is 2. The highest BCUT2D eigenvalue weighted by Crippen LogP contribution is 2.38. The van der Waals surface area contributed by atoms with E-state index in [-0.39, 0.29) is 0 Å². The molecule has 0 aromatic carbocycles. The van der Waals surface area contributed by atoms with Gasteiger partial charge in [0.05, 0.1) is 11.0 Å². The molecule has 4 rings (SSSR count). The van der Waals surface area contributed by atoms with Crippen LogP contribution in [0.1, 0.15) is 29.7 Å². The van der Waals surface area contributed by atoms with Gasteiger partial charge in [-0.25, -0.2) is 9.97 Å². The van der Waals surface area contributed by atoms with Gasteiger partial charge in [0.25, 0.3) is 0 Å². The van der Waals surface area contributed by atoms with Gasteiger partial charge in [-0.1, -0.05) is 0 Å². The SMILES string of the molecule is Cc1sc2nc(-c3cccnc3)nc(N(C)CC3(O)CCC3)c2c1C. The van der Waals surface area contributed by atoms with Gasteiger partial charge in [-0.05, 0) is 50.8 Å². The van der Waals surface area contributed by atoms with Crippen molar-refractivity contribution in [2.75, 3.05) is 18.5 Å². The maximum Gasteiger partial charge on any atom is 0.164 e. The van der Waals surface area contributed by atoms with Crippen LogP contribution in [0.4, 0.5) is 5.82 Å². The van der Waals surface area contributed by atoms with Crippen molar-refractivity contribution < 1.29 is 5.11 Å². The highest BCUT2D eigenvalue weighted by Gasteiger charge is 2.36. The van der Waals surface area contributed by atoms with Gasteiger partial charge in [-0.2, -0.15) is 0 Å². The van der Waals surface area contributed by atoms with Gasteiger partial charge < -0.3 is 10.0 Å². The second-order valence-corrected chi connectivity index (χ2v) is 8.21.